The second-order valence-electron chi connectivity index (χ2n) is 5.22. The molecule has 0 heterocycles. The molecule has 2 aromatic rings. The van der Waals surface area contributed by atoms with Gasteiger partial charge in [-0.05, 0) is 42.5 Å². The van der Waals surface area contributed by atoms with Crippen LogP contribution in [0.3, 0.4) is 0 Å². The van der Waals surface area contributed by atoms with Crippen LogP contribution in [0.5, 0.6) is 5.75 Å². The van der Waals surface area contributed by atoms with Crippen LogP contribution in [0, 0.1) is 0 Å². The summed E-state index contributed by atoms with van der Waals surface area (Å²) in [6.07, 6.45) is 2.60. The van der Waals surface area contributed by atoms with E-state index in [0.717, 1.165) is 24.8 Å². The molecule has 2 rings (SSSR count). The Hall–Kier alpha value is -1.80. The minimum atomic E-state index is -0.238. The first-order valence-electron chi connectivity index (χ1n) is 6.72. The average molecular weight is 255 g/mol. The fraction of sp³-hybridized carbons (Fsp3) is 0.294. The van der Waals surface area contributed by atoms with Gasteiger partial charge in [0.05, 0.1) is 0 Å². The fourth-order valence-corrected chi connectivity index (χ4v) is 2.34. The lowest BCUT2D eigenvalue weighted by Crippen LogP contribution is -2.43. The van der Waals surface area contributed by atoms with Gasteiger partial charge in [0.2, 0.25) is 0 Å². The van der Waals surface area contributed by atoms with E-state index in [9.17, 15) is 5.11 Å². The van der Waals surface area contributed by atoms with Crippen molar-refractivity contribution in [3.63, 3.8) is 0 Å². The molecule has 0 bridgehead atoms. The molecule has 0 radical (unpaired) electrons. The Morgan fingerprint density at radius 2 is 1.42 bits per heavy atom. The third kappa shape index (κ3) is 3.83. The van der Waals surface area contributed by atoms with Gasteiger partial charge in [0.1, 0.15) is 5.75 Å². The van der Waals surface area contributed by atoms with Crippen molar-refractivity contribution in [2.24, 2.45) is 5.73 Å². The van der Waals surface area contributed by atoms with Gasteiger partial charge in [-0.15, -0.1) is 0 Å². The van der Waals surface area contributed by atoms with Crippen LogP contribution in [-0.4, -0.2) is 10.6 Å². The highest BCUT2D eigenvalue weighted by atomic mass is 16.3. The summed E-state index contributed by atoms with van der Waals surface area (Å²) in [6.45, 7) is 2.13. The van der Waals surface area contributed by atoms with Crippen LogP contribution in [0.25, 0.3) is 0 Å². The molecule has 1 atom stereocenters. The quantitative estimate of drug-likeness (QED) is 0.861. The highest BCUT2D eigenvalue weighted by Gasteiger charge is 2.23. The van der Waals surface area contributed by atoms with Gasteiger partial charge in [0.25, 0.3) is 0 Å². The Balaban J connectivity index is 2.11. The maximum atomic E-state index is 9.32. The number of hydrogen-bond acceptors (Lipinski definition) is 2. The van der Waals surface area contributed by atoms with E-state index in [-0.39, 0.29) is 5.54 Å². The molecule has 2 aromatic carbocycles. The molecular weight excluding hydrogens is 234 g/mol. The van der Waals surface area contributed by atoms with Gasteiger partial charge in [-0.3, -0.25) is 0 Å². The van der Waals surface area contributed by atoms with Gasteiger partial charge in [0, 0.05) is 5.54 Å². The van der Waals surface area contributed by atoms with E-state index < -0.39 is 0 Å². The molecule has 0 aliphatic carbocycles. The predicted molar refractivity (Wildman–Crippen MR) is 79.2 cm³/mol. The molecule has 2 heteroatoms. The van der Waals surface area contributed by atoms with Crippen LogP contribution in [0.1, 0.15) is 24.5 Å². The van der Waals surface area contributed by atoms with E-state index in [1.165, 1.54) is 5.56 Å². The van der Waals surface area contributed by atoms with Crippen molar-refractivity contribution in [1.82, 2.24) is 0 Å². The molecule has 2 nitrogen and oxygen atoms in total. The zero-order valence-corrected chi connectivity index (χ0v) is 11.3. The van der Waals surface area contributed by atoms with Crippen LogP contribution in [-0.2, 0) is 12.8 Å². The number of hydrogen-bond donors (Lipinski definition) is 2. The fourth-order valence-electron chi connectivity index (χ4n) is 2.34. The highest BCUT2D eigenvalue weighted by molar-refractivity contribution is 5.28. The zero-order chi connectivity index (χ0) is 13.7. The number of rotatable bonds is 5. The number of phenolic OH excluding ortho intramolecular Hbond substituents is 1. The van der Waals surface area contributed by atoms with Crippen LogP contribution in [0.15, 0.2) is 54.6 Å². The molecular formula is C17H21NO. The average Bonchev–Trinajstić information content (AvgIpc) is 2.42. The van der Waals surface area contributed by atoms with Crippen molar-refractivity contribution in [2.45, 2.75) is 31.7 Å². The summed E-state index contributed by atoms with van der Waals surface area (Å²) >= 11 is 0. The SMILES string of the molecule is CCC(N)(Cc1ccccc1)Cc1ccc(O)cc1. The molecule has 100 valence electrons. The Bertz CT molecular complexity index is 507. The van der Waals surface area contributed by atoms with E-state index >= 15 is 0 Å². The van der Waals surface area contributed by atoms with Crippen LogP contribution >= 0.6 is 0 Å². The lowest BCUT2D eigenvalue weighted by atomic mass is 9.83. The van der Waals surface area contributed by atoms with Crippen molar-refractivity contribution in [3.05, 3.63) is 65.7 Å². The van der Waals surface area contributed by atoms with Gasteiger partial charge in [-0.25, -0.2) is 0 Å². The summed E-state index contributed by atoms with van der Waals surface area (Å²) in [5.41, 5.74) is 8.73. The Labute approximate surface area is 114 Å². The summed E-state index contributed by atoms with van der Waals surface area (Å²) in [7, 11) is 0. The summed E-state index contributed by atoms with van der Waals surface area (Å²) in [5.74, 6) is 0.297. The minimum absolute atomic E-state index is 0.238. The first-order chi connectivity index (χ1) is 9.11. The van der Waals surface area contributed by atoms with Gasteiger partial charge in [-0.1, -0.05) is 49.4 Å². The van der Waals surface area contributed by atoms with Gasteiger partial charge in [0.15, 0.2) is 0 Å². The zero-order valence-electron chi connectivity index (χ0n) is 11.3. The van der Waals surface area contributed by atoms with Crippen LogP contribution in [0.2, 0.25) is 0 Å². The van der Waals surface area contributed by atoms with E-state index in [1.807, 2.05) is 30.3 Å². The summed E-state index contributed by atoms with van der Waals surface area (Å²) < 4.78 is 0. The van der Waals surface area contributed by atoms with E-state index in [1.54, 1.807) is 12.1 Å². The molecule has 0 saturated carbocycles. The minimum Gasteiger partial charge on any atom is -0.508 e. The molecule has 1 unspecified atom stereocenters. The molecule has 19 heavy (non-hydrogen) atoms. The lowest BCUT2D eigenvalue weighted by Gasteiger charge is -2.28. The maximum Gasteiger partial charge on any atom is 0.115 e. The molecule has 0 aliphatic rings. The molecule has 0 spiro atoms. The number of phenols is 1. The topological polar surface area (TPSA) is 46.2 Å². The van der Waals surface area contributed by atoms with Crippen LogP contribution < -0.4 is 5.73 Å². The van der Waals surface area contributed by atoms with Crippen molar-refractivity contribution in [2.75, 3.05) is 0 Å². The first-order valence-corrected chi connectivity index (χ1v) is 6.72. The Morgan fingerprint density at radius 3 is 1.95 bits per heavy atom. The monoisotopic (exact) mass is 255 g/mol. The molecule has 3 N–H and O–H groups in total. The molecule has 0 fully saturated rings. The molecule has 0 aromatic heterocycles. The third-order valence-corrected chi connectivity index (χ3v) is 3.60. The van der Waals surface area contributed by atoms with E-state index in [2.05, 4.69) is 19.1 Å². The van der Waals surface area contributed by atoms with Crippen LogP contribution in [0.4, 0.5) is 0 Å². The second kappa shape index (κ2) is 5.89. The smallest absolute Gasteiger partial charge is 0.115 e. The molecule has 0 aliphatic heterocycles. The maximum absolute atomic E-state index is 9.32. The Morgan fingerprint density at radius 1 is 0.895 bits per heavy atom. The van der Waals surface area contributed by atoms with Gasteiger partial charge < -0.3 is 10.8 Å². The predicted octanol–water partition coefficient (Wildman–Crippen LogP) is 3.28. The molecule has 0 amide bonds. The summed E-state index contributed by atoms with van der Waals surface area (Å²) in [6, 6.07) is 17.7. The van der Waals surface area contributed by atoms with Crippen molar-refractivity contribution in [1.29, 1.82) is 0 Å². The van der Waals surface area contributed by atoms with Crippen molar-refractivity contribution in [3.8, 4) is 5.75 Å². The number of benzene rings is 2. The van der Waals surface area contributed by atoms with Crippen molar-refractivity contribution < 1.29 is 5.11 Å². The standard InChI is InChI=1S/C17H21NO/c1-2-17(18,12-14-6-4-3-5-7-14)13-15-8-10-16(19)11-9-15/h3-11,19H,2,12-13,18H2,1H3. The number of nitrogens with two attached hydrogens (primary N) is 1. The van der Waals surface area contributed by atoms with Crippen molar-refractivity contribution >= 4 is 0 Å². The third-order valence-electron chi connectivity index (χ3n) is 3.60. The molecule has 0 saturated heterocycles. The highest BCUT2D eigenvalue weighted by Crippen LogP contribution is 2.21. The number of aromatic hydroxyl groups is 1. The normalized spacial score (nSPS) is 14.0. The summed E-state index contributed by atoms with van der Waals surface area (Å²) in [5, 5.41) is 9.32. The van der Waals surface area contributed by atoms with E-state index in [4.69, 9.17) is 5.73 Å². The second-order valence-corrected chi connectivity index (χ2v) is 5.22. The first kappa shape index (κ1) is 13.6. The Kier molecular flexibility index (Phi) is 4.23. The summed E-state index contributed by atoms with van der Waals surface area (Å²) in [4.78, 5) is 0. The van der Waals surface area contributed by atoms with Gasteiger partial charge >= 0.3 is 0 Å². The largest absolute Gasteiger partial charge is 0.508 e. The van der Waals surface area contributed by atoms with Gasteiger partial charge in [-0.2, -0.15) is 0 Å². The van der Waals surface area contributed by atoms with E-state index in [0.29, 0.717) is 5.75 Å². The lowest BCUT2D eigenvalue weighted by molar-refractivity contribution is 0.403.